The summed E-state index contributed by atoms with van der Waals surface area (Å²) < 4.78 is 26.2. The van der Waals surface area contributed by atoms with Gasteiger partial charge in [0.15, 0.2) is 11.6 Å². The van der Waals surface area contributed by atoms with Crippen molar-refractivity contribution in [2.75, 3.05) is 0 Å². The van der Waals surface area contributed by atoms with Crippen LogP contribution >= 0.6 is 0 Å². The molecule has 2 nitrogen and oxygen atoms in total. The number of hydrogen-bond acceptors (Lipinski definition) is 2. The lowest BCUT2D eigenvalue weighted by Gasteiger charge is -2.18. The van der Waals surface area contributed by atoms with Crippen LogP contribution in [0.25, 0.3) is 0 Å². The van der Waals surface area contributed by atoms with Crippen molar-refractivity contribution >= 4 is 0 Å². The van der Waals surface area contributed by atoms with E-state index in [1.807, 2.05) is 26.0 Å². The Morgan fingerprint density at radius 2 is 1.65 bits per heavy atom. The summed E-state index contributed by atoms with van der Waals surface area (Å²) in [5.41, 5.74) is 6.76. The Hall–Kier alpha value is -1.78. The predicted octanol–water partition coefficient (Wildman–Crippen LogP) is 3.33. The van der Waals surface area contributed by atoms with Crippen LogP contribution < -0.4 is 11.3 Å². The van der Waals surface area contributed by atoms with Crippen molar-refractivity contribution in [3.05, 3.63) is 70.3 Å². The zero-order chi connectivity index (χ0) is 14.7. The first-order valence-electron chi connectivity index (χ1n) is 6.48. The Balaban J connectivity index is 2.26. The second-order valence-corrected chi connectivity index (χ2v) is 5.09. The molecule has 0 radical (unpaired) electrons. The first-order chi connectivity index (χ1) is 9.49. The minimum absolute atomic E-state index is 0.140. The highest BCUT2D eigenvalue weighted by atomic mass is 19.2. The fourth-order valence-electron chi connectivity index (χ4n) is 2.39. The summed E-state index contributed by atoms with van der Waals surface area (Å²) in [5, 5.41) is 0. The number of halogens is 2. The highest BCUT2D eigenvalue weighted by Crippen LogP contribution is 2.21. The van der Waals surface area contributed by atoms with Gasteiger partial charge in [-0.15, -0.1) is 0 Å². The first kappa shape index (κ1) is 14.6. The predicted molar refractivity (Wildman–Crippen MR) is 76.0 cm³/mol. The van der Waals surface area contributed by atoms with Gasteiger partial charge in [-0.25, -0.2) is 8.78 Å². The van der Waals surface area contributed by atoms with Crippen LogP contribution in [0.4, 0.5) is 8.78 Å². The van der Waals surface area contributed by atoms with E-state index in [9.17, 15) is 8.78 Å². The van der Waals surface area contributed by atoms with Gasteiger partial charge >= 0.3 is 0 Å². The molecule has 0 aliphatic carbocycles. The van der Waals surface area contributed by atoms with Gasteiger partial charge in [0.1, 0.15) is 0 Å². The zero-order valence-corrected chi connectivity index (χ0v) is 11.6. The summed E-state index contributed by atoms with van der Waals surface area (Å²) >= 11 is 0. The van der Waals surface area contributed by atoms with Gasteiger partial charge in [-0.1, -0.05) is 35.4 Å². The van der Waals surface area contributed by atoms with E-state index in [1.54, 1.807) is 6.07 Å². The molecular formula is C16H18F2N2. The quantitative estimate of drug-likeness (QED) is 0.664. The van der Waals surface area contributed by atoms with E-state index in [2.05, 4.69) is 11.5 Å². The van der Waals surface area contributed by atoms with Gasteiger partial charge in [0.05, 0.1) is 0 Å². The summed E-state index contributed by atoms with van der Waals surface area (Å²) in [6.07, 6.45) is 0.497. The third-order valence-corrected chi connectivity index (χ3v) is 3.27. The number of nitrogens with two attached hydrogens (primary N) is 1. The molecule has 0 heterocycles. The average molecular weight is 276 g/mol. The molecule has 0 fully saturated rings. The Morgan fingerprint density at radius 3 is 2.20 bits per heavy atom. The van der Waals surface area contributed by atoms with Gasteiger partial charge in [0, 0.05) is 6.04 Å². The molecule has 3 N–H and O–H groups in total. The molecule has 0 saturated carbocycles. The summed E-state index contributed by atoms with van der Waals surface area (Å²) in [5.74, 6) is 3.93. The Labute approximate surface area is 117 Å². The third-order valence-electron chi connectivity index (χ3n) is 3.27. The van der Waals surface area contributed by atoms with Crippen molar-refractivity contribution in [1.29, 1.82) is 0 Å². The standard InChI is InChI=1S/C16H18F2N2/c1-10-5-11(2)7-13(6-10)16(20-19)9-12-3-4-14(17)15(18)8-12/h3-8,16,20H,9,19H2,1-2H3. The maximum absolute atomic E-state index is 13.2. The number of benzene rings is 2. The number of nitrogens with one attached hydrogen (secondary N) is 1. The molecule has 0 spiro atoms. The van der Waals surface area contributed by atoms with Gasteiger partial charge in [-0.2, -0.15) is 0 Å². The molecule has 0 aromatic heterocycles. The van der Waals surface area contributed by atoms with E-state index < -0.39 is 11.6 Å². The topological polar surface area (TPSA) is 38.0 Å². The van der Waals surface area contributed by atoms with Gasteiger partial charge in [-0.05, 0) is 43.5 Å². The minimum atomic E-state index is -0.836. The Kier molecular flexibility index (Phi) is 4.47. The van der Waals surface area contributed by atoms with E-state index in [1.165, 1.54) is 6.07 Å². The molecule has 0 aliphatic heterocycles. The monoisotopic (exact) mass is 276 g/mol. The van der Waals surface area contributed by atoms with Crippen LogP contribution in [-0.4, -0.2) is 0 Å². The van der Waals surface area contributed by atoms with Crippen LogP contribution in [0.2, 0.25) is 0 Å². The number of hydrazine groups is 1. The van der Waals surface area contributed by atoms with Crippen LogP contribution in [0.5, 0.6) is 0 Å². The van der Waals surface area contributed by atoms with E-state index >= 15 is 0 Å². The van der Waals surface area contributed by atoms with Crippen molar-refractivity contribution in [3.8, 4) is 0 Å². The lowest BCUT2D eigenvalue weighted by molar-refractivity contribution is 0.502. The van der Waals surface area contributed by atoms with Gasteiger partial charge in [0.2, 0.25) is 0 Å². The van der Waals surface area contributed by atoms with Crippen molar-refractivity contribution in [2.24, 2.45) is 5.84 Å². The van der Waals surface area contributed by atoms with Crippen molar-refractivity contribution in [2.45, 2.75) is 26.3 Å². The maximum atomic E-state index is 13.2. The van der Waals surface area contributed by atoms with Crippen molar-refractivity contribution in [1.82, 2.24) is 5.43 Å². The molecule has 0 amide bonds. The summed E-state index contributed by atoms with van der Waals surface area (Å²) in [6.45, 7) is 4.03. The third kappa shape index (κ3) is 3.40. The molecule has 2 aromatic rings. The molecule has 4 heteroatoms. The normalized spacial score (nSPS) is 12.4. The summed E-state index contributed by atoms with van der Waals surface area (Å²) in [4.78, 5) is 0. The van der Waals surface area contributed by atoms with E-state index in [4.69, 9.17) is 5.84 Å². The molecule has 1 atom stereocenters. The second kappa shape index (κ2) is 6.11. The molecule has 2 aromatic carbocycles. The first-order valence-corrected chi connectivity index (χ1v) is 6.48. The molecule has 1 unspecified atom stereocenters. The molecule has 0 bridgehead atoms. The molecule has 106 valence electrons. The summed E-state index contributed by atoms with van der Waals surface area (Å²) in [6, 6.07) is 9.94. The molecular weight excluding hydrogens is 258 g/mol. The highest BCUT2D eigenvalue weighted by molar-refractivity contribution is 5.32. The van der Waals surface area contributed by atoms with Crippen LogP contribution in [0.15, 0.2) is 36.4 Å². The summed E-state index contributed by atoms with van der Waals surface area (Å²) in [7, 11) is 0. The van der Waals surface area contributed by atoms with Crippen molar-refractivity contribution in [3.63, 3.8) is 0 Å². The van der Waals surface area contributed by atoms with Crippen LogP contribution in [0, 0.1) is 25.5 Å². The van der Waals surface area contributed by atoms with E-state index in [0.717, 1.165) is 22.8 Å². The minimum Gasteiger partial charge on any atom is -0.271 e. The molecule has 0 aliphatic rings. The van der Waals surface area contributed by atoms with Crippen LogP contribution in [0.3, 0.4) is 0 Å². The average Bonchev–Trinajstić information content (AvgIpc) is 2.38. The maximum Gasteiger partial charge on any atom is 0.159 e. The number of rotatable bonds is 4. The lowest BCUT2D eigenvalue weighted by atomic mass is 9.96. The number of hydrogen-bond donors (Lipinski definition) is 2. The Morgan fingerprint density at radius 1 is 1.00 bits per heavy atom. The van der Waals surface area contributed by atoms with Gasteiger partial charge in [0.25, 0.3) is 0 Å². The Bertz CT molecular complexity index is 591. The zero-order valence-electron chi connectivity index (χ0n) is 11.6. The molecule has 20 heavy (non-hydrogen) atoms. The van der Waals surface area contributed by atoms with Gasteiger partial charge in [-0.3, -0.25) is 11.3 Å². The van der Waals surface area contributed by atoms with E-state index in [0.29, 0.717) is 12.0 Å². The van der Waals surface area contributed by atoms with Crippen LogP contribution in [-0.2, 0) is 6.42 Å². The fourth-order valence-corrected chi connectivity index (χ4v) is 2.39. The number of aryl methyl sites for hydroxylation is 2. The SMILES string of the molecule is Cc1cc(C)cc(C(Cc2ccc(F)c(F)c2)NN)c1. The van der Waals surface area contributed by atoms with E-state index in [-0.39, 0.29) is 6.04 Å². The smallest absolute Gasteiger partial charge is 0.159 e. The highest BCUT2D eigenvalue weighted by Gasteiger charge is 2.13. The van der Waals surface area contributed by atoms with Crippen LogP contribution in [0.1, 0.15) is 28.3 Å². The van der Waals surface area contributed by atoms with Crippen molar-refractivity contribution < 1.29 is 8.78 Å². The van der Waals surface area contributed by atoms with Gasteiger partial charge < -0.3 is 0 Å². The lowest BCUT2D eigenvalue weighted by Crippen LogP contribution is -2.29. The molecule has 0 saturated heterocycles. The largest absolute Gasteiger partial charge is 0.271 e. The fraction of sp³-hybridized carbons (Fsp3) is 0.250. The molecule has 2 rings (SSSR count). The second-order valence-electron chi connectivity index (χ2n) is 5.09.